The van der Waals surface area contributed by atoms with Crippen molar-refractivity contribution in [1.29, 1.82) is 0 Å². The van der Waals surface area contributed by atoms with Crippen molar-refractivity contribution in [1.82, 2.24) is 20.0 Å². The van der Waals surface area contributed by atoms with Crippen molar-refractivity contribution in [2.75, 3.05) is 5.32 Å². The van der Waals surface area contributed by atoms with Crippen LogP contribution in [-0.4, -0.2) is 25.9 Å². The first-order chi connectivity index (χ1) is 11.6. The molecule has 124 valence electrons. The van der Waals surface area contributed by atoms with Crippen molar-refractivity contribution in [3.05, 3.63) is 40.5 Å². The summed E-state index contributed by atoms with van der Waals surface area (Å²) in [6, 6.07) is 6.18. The van der Waals surface area contributed by atoms with Gasteiger partial charge in [0.2, 0.25) is 5.91 Å². The molecule has 3 aromatic rings. The normalized spacial score (nSPS) is 16.9. The van der Waals surface area contributed by atoms with Crippen molar-refractivity contribution >= 4 is 23.1 Å². The molecule has 24 heavy (non-hydrogen) atoms. The number of hydrogen-bond donors (Lipinski definition) is 2. The van der Waals surface area contributed by atoms with Crippen LogP contribution in [0.3, 0.4) is 0 Å². The van der Waals surface area contributed by atoms with Gasteiger partial charge in [-0.1, -0.05) is 6.07 Å². The third-order valence-electron chi connectivity index (χ3n) is 4.46. The van der Waals surface area contributed by atoms with Crippen LogP contribution >= 0.6 is 11.3 Å². The number of aryl methyl sites for hydroxylation is 3. The Hall–Kier alpha value is -2.41. The summed E-state index contributed by atoms with van der Waals surface area (Å²) in [7, 11) is 0. The average molecular weight is 341 g/mol. The highest BCUT2D eigenvalue weighted by atomic mass is 32.1. The number of aromatic amines is 1. The number of aromatic nitrogens is 4. The Morgan fingerprint density at radius 3 is 3.00 bits per heavy atom. The van der Waals surface area contributed by atoms with E-state index >= 15 is 0 Å². The van der Waals surface area contributed by atoms with Crippen molar-refractivity contribution < 1.29 is 4.79 Å². The molecule has 7 heteroatoms. The topological polar surface area (TPSA) is 75.6 Å². The standard InChI is InChI=1S/C17H19N5OS/c1-10-8-11(2)22(21-10)6-5-12-9-14(23)18-17-15(12)16(19-20-17)13-4-3-7-24-13/h3-4,7-8,12H,5-6,9H2,1-2H3,(H2,18,19,20,23). The smallest absolute Gasteiger partial charge is 0.226 e. The van der Waals surface area contributed by atoms with Gasteiger partial charge in [0.25, 0.3) is 0 Å². The highest BCUT2D eigenvalue weighted by molar-refractivity contribution is 7.13. The lowest BCUT2D eigenvalue weighted by Gasteiger charge is -2.23. The van der Waals surface area contributed by atoms with Crippen LogP contribution < -0.4 is 5.32 Å². The third-order valence-corrected chi connectivity index (χ3v) is 5.35. The zero-order valence-corrected chi connectivity index (χ0v) is 14.5. The van der Waals surface area contributed by atoms with Gasteiger partial charge in [0.05, 0.1) is 16.3 Å². The second-order valence-electron chi connectivity index (χ2n) is 6.23. The number of thiophene rings is 1. The summed E-state index contributed by atoms with van der Waals surface area (Å²) in [5.74, 6) is 0.853. The first kappa shape index (κ1) is 15.1. The van der Waals surface area contributed by atoms with Crippen molar-refractivity contribution in [2.45, 2.75) is 39.2 Å². The van der Waals surface area contributed by atoms with Crippen LogP contribution in [0.15, 0.2) is 23.6 Å². The monoisotopic (exact) mass is 341 g/mol. The molecule has 0 spiro atoms. The Labute approximate surface area is 143 Å². The minimum Gasteiger partial charge on any atom is -0.309 e. The summed E-state index contributed by atoms with van der Waals surface area (Å²) in [5.41, 5.74) is 4.33. The van der Waals surface area contributed by atoms with Gasteiger partial charge in [0.1, 0.15) is 0 Å². The molecule has 0 fully saturated rings. The zero-order valence-electron chi connectivity index (χ0n) is 13.7. The Balaban J connectivity index is 1.64. The molecule has 0 saturated carbocycles. The number of amides is 1. The molecule has 3 aromatic heterocycles. The molecule has 4 heterocycles. The van der Waals surface area contributed by atoms with Crippen LogP contribution in [0.25, 0.3) is 10.6 Å². The summed E-state index contributed by atoms with van der Waals surface area (Å²) < 4.78 is 2.02. The van der Waals surface area contributed by atoms with E-state index in [1.165, 1.54) is 0 Å². The van der Waals surface area contributed by atoms with Gasteiger partial charge in [0, 0.05) is 30.1 Å². The van der Waals surface area contributed by atoms with E-state index in [2.05, 4.69) is 45.0 Å². The Bertz CT molecular complexity index is 877. The SMILES string of the molecule is Cc1cc(C)n(CCC2CC(=O)Nc3n[nH]c(-c4cccs4)c32)n1. The van der Waals surface area contributed by atoms with E-state index in [4.69, 9.17) is 0 Å². The predicted octanol–water partition coefficient (Wildman–Crippen LogP) is 3.47. The number of nitrogens with one attached hydrogen (secondary N) is 2. The molecule has 0 aliphatic carbocycles. The molecule has 1 aliphatic heterocycles. The Kier molecular flexibility index (Phi) is 3.72. The molecule has 0 radical (unpaired) electrons. The van der Waals surface area contributed by atoms with Crippen LogP contribution in [0, 0.1) is 13.8 Å². The van der Waals surface area contributed by atoms with E-state index in [0.717, 1.165) is 40.5 Å². The van der Waals surface area contributed by atoms with Gasteiger partial charge in [-0.15, -0.1) is 11.3 Å². The Morgan fingerprint density at radius 2 is 2.29 bits per heavy atom. The van der Waals surface area contributed by atoms with Gasteiger partial charge in [-0.2, -0.15) is 10.2 Å². The number of rotatable bonds is 4. The van der Waals surface area contributed by atoms with Gasteiger partial charge in [-0.05, 0) is 37.8 Å². The molecule has 0 saturated heterocycles. The largest absolute Gasteiger partial charge is 0.309 e. The van der Waals surface area contributed by atoms with Crippen molar-refractivity contribution in [3.8, 4) is 10.6 Å². The molecular formula is C17H19N5OS. The van der Waals surface area contributed by atoms with Crippen LogP contribution in [0.1, 0.15) is 35.7 Å². The number of nitrogens with zero attached hydrogens (tertiary/aromatic N) is 3. The second kappa shape index (κ2) is 5.90. The van der Waals surface area contributed by atoms with E-state index in [0.29, 0.717) is 12.2 Å². The third kappa shape index (κ3) is 2.65. The summed E-state index contributed by atoms with van der Waals surface area (Å²) in [6.07, 6.45) is 1.35. The summed E-state index contributed by atoms with van der Waals surface area (Å²) in [6.45, 7) is 4.86. The van der Waals surface area contributed by atoms with Crippen LogP contribution in [0.4, 0.5) is 5.82 Å². The fourth-order valence-electron chi connectivity index (χ4n) is 3.39. The lowest BCUT2D eigenvalue weighted by Crippen LogP contribution is -2.23. The number of carbonyl (C=O) groups is 1. The van der Waals surface area contributed by atoms with Gasteiger partial charge in [-0.3, -0.25) is 14.6 Å². The molecule has 2 N–H and O–H groups in total. The maximum atomic E-state index is 12.0. The fourth-order valence-corrected chi connectivity index (χ4v) is 4.12. The molecule has 0 bridgehead atoms. The molecule has 6 nitrogen and oxygen atoms in total. The molecular weight excluding hydrogens is 322 g/mol. The van der Waals surface area contributed by atoms with Gasteiger partial charge in [0.15, 0.2) is 5.82 Å². The van der Waals surface area contributed by atoms with E-state index in [1.807, 2.05) is 17.7 Å². The number of hydrogen-bond acceptors (Lipinski definition) is 4. The molecule has 1 unspecified atom stereocenters. The Morgan fingerprint density at radius 1 is 1.42 bits per heavy atom. The highest BCUT2D eigenvalue weighted by Crippen LogP contribution is 2.41. The zero-order chi connectivity index (χ0) is 16.7. The van der Waals surface area contributed by atoms with Crippen molar-refractivity contribution in [3.63, 3.8) is 0 Å². The molecule has 1 atom stereocenters. The first-order valence-corrected chi connectivity index (χ1v) is 8.93. The molecule has 1 aliphatic rings. The predicted molar refractivity (Wildman–Crippen MR) is 94.2 cm³/mol. The van der Waals surface area contributed by atoms with Gasteiger partial charge < -0.3 is 5.32 Å². The van der Waals surface area contributed by atoms with E-state index in [1.54, 1.807) is 11.3 Å². The van der Waals surface area contributed by atoms with E-state index in [9.17, 15) is 4.79 Å². The summed E-state index contributed by atoms with van der Waals surface area (Å²) in [4.78, 5) is 13.2. The number of fused-ring (bicyclic) bond motifs is 1. The van der Waals surface area contributed by atoms with E-state index in [-0.39, 0.29) is 11.8 Å². The van der Waals surface area contributed by atoms with Gasteiger partial charge >= 0.3 is 0 Å². The lowest BCUT2D eigenvalue weighted by molar-refractivity contribution is -0.116. The average Bonchev–Trinajstić information content (AvgIpc) is 3.24. The van der Waals surface area contributed by atoms with Crippen LogP contribution in [-0.2, 0) is 11.3 Å². The minimum atomic E-state index is 0.0325. The number of anilines is 1. The summed E-state index contributed by atoms with van der Waals surface area (Å²) >= 11 is 1.68. The second-order valence-corrected chi connectivity index (χ2v) is 7.17. The van der Waals surface area contributed by atoms with Crippen molar-refractivity contribution in [2.24, 2.45) is 0 Å². The quantitative estimate of drug-likeness (QED) is 0.763. The number of carbonyl (C=O) groups excluding carboxylic acids is 1. The van der Waals surface area contributed by atoms with Crippen LogP contribution in [0.2, 0.25) is 0 Å². The van der Waals surface area contributed by atoms with E-state index < -0.39 is 0 Å². The lowest BCUT2D eigenvalue weighted by atomic mass is 9.88. The fraction of sp³-hybridized carbons (Fsp3) is 0.353. The molecule has 4 rings (SSSR count). The highest BCUT2D eigenvalue weighted by Gasteiger charge is 2.31. The maximum absolute atomic E-state index is 12.0. The minimum absolute atomic E-state index is 0.0325. The first-order valence-electron chi connectivity index (χ1n) is 8.05. The van der Waals surface area contributed by atoms with Crippen LogP contribution in [0.5, 0.6) is 0 Å². The van der Waals surface area contributed by atoms with Gasteiger partial charge in [-0.25, -0.2) is 0 Å². The molecule has 1 amide bonds. The number of H-pyrrole nitrogens is 1. The molecule has 0 aromatic carbocycles. The maximum Gasteiger partial charge on any atom is 0.226 e. The summed E-state index contributed by atoms with van der Waals surface area (Å²) in [5, 5.41) is 16.9.